The van der Waals surface area contributed by atoms with E-state index in [0.717, 1.165) is 12.8 Å². The molecule has 0 bridgehead atoms. The van der Waals surface area contributed by atoms with Gasteiger partial charge in [0.2, 0.25) is 0 Å². The van der Waals surface area contributed by atoms with E-state index < -0.39 is 23.5 Å². The first-order valence-electron chi connectivity index (χ1n) is 8.56. The van der Waals surface area contributed by atoms with Crippen molar-refractivity contribution in [2.24, 2.45) is 0 Å². The average molecular weight is 346 g/mol. The van der Waals surface area contributed by atoms with Crippen LogP contribution in [0.25, 0.3) is 5.76 Å². The summed E-state index contributed by atoms with van der Waals surface area (Å²) >= 11 is 0. The van der Waals surface area contributed by atoms with E-state index in [2.05, 4.69) is 5.32 Å². The summed E-state index contributed by atoms with van der Waals surface area (Å²) in [5.41, 5.74) is -0.634. The minimum Gasteiger partial charge on any atom is -0.505 e. The number of carbonyl (C=O) groups is 3. The fourth-order valence-electron chi connectivity index (χ4n) is 3.76. The zero-order valence-corrected chi connectivity index (χ0v) is 14.4. The smallest absolute Gasteiger partial charge is 0.328 e. The second-order valence-corrected chi connectivity index (χ2v) is 6.50. The lowest BCUT2D eigenvalue weighted by Gasteiger charge is -2.35. The summed E-state index contributed by atoms with van der Waals surface area (Å²) in [5.74, 6) is -2.07. The molecule has 1 unspecified atom stereocenters. The number of esters is 1. The molecule has 7 nitrogen and oxygen atoms in total. The average Bonchev–Trinajstić information content (AvgIpc) is 3.24. The second kappa shape index (κ2) is 6.38. The van der Waals surface area contributed by atoms with Gasteiger partial charge in [0, 0.05) is 6.20 Å². The predicted octanol–water partition coefficient (Wildman–Crippen LogP) is 1.68. The van der Waals surface area contributed by atoms with Crippen molar-refractivity contribution in [1.29, 1.82) is 0 Å². The zero-order valence-electron chi connectivity index (χ0n) is 14.4. The van der Waals surface area contributed by atoms with Crippen molar-refractivity contribution in [3.63, 3.8) is 0 Å². The summed E-state index contributed by atoms with van der Waals surface area (Å²) in [6, 6.07) is 2.53. The fraction of sp³-hybridized carbons (Fsp3) is 0.500. The molecule has 7 heteroatoms. The van der Waals surface area contributed by atoms with E-state index in [4.69, 9.17) is 4.74 Å². The molecule has 2 heterocycles. The van der Waals surface area contributed by atoms with Gasteiger partial charge >= 0.3 is 5.97 Å². The molecule has 0 saturated heterocycles. The fourth-order valence-corrected chi connectivity index (χ4v) is 3.76. The first-order chi connectivity index (χ1) is 11.9. The molecule has 1 atom stereocenters. The van der Waals surface area contributed by atoms with Gasteiger partial charge in [0.05, 0.1) is 12.3 Å². The number of amides is 1. The highest BCUT2D eigenvalue weighted by Crippen LogP contribution is 2.44. The molecule has 1 aromatic rings. The van der Waals surface area contributed by atoms with E-state index >= 15 is 0 Å². The highest BCUT2D eigenvalue weighted by Gasteiger charge is 2.50. The van der Waals surface area contributed by atoms with Crippen LogP contribution < -0.4 is 5.32 Å². The summed E-state index contributed by atoms with van der Waals surface area (Å²) in [7, 11) is 0. The molecule has 0 aromatic carbocycles. The lowest BCUT2D eigenvalue weighted by atomic mass is 9.82. The van der Waals surface area contributed by atoms with Gasteiger partial charge in [0.25, 0.3) is 5.91 Å². The number of ketones is 1. The molecule has 1 amide bonds. The quantitative estimate of drug-likeness (QED) is 0.638. The van der Waals surface area contributed by atoms with Gasteiger partial charge in [0.15, 0.2) is 11.5 Å². The Hall–Kier alpha value is -2.57. The molecule has 25 heavy (non-hydrogen) atoms. The third kappa shape index (κ3) is 2.63. The maximum Gasteiger partial charge on any atom is 0.328 e. The molecule has 1 aromatic heterocycles. The number of nitrogens with zero attached hydrogens (tertiary/aromatic N) is 1. The maximum absolute atomic E-state index is 13.1. The third-order valence-corrected chi connectivity index (χ3v) is 4.98. The minimum absolute atomic E-state index is 0.197. The molecular weight excluding hydrogens is 324 g/mol. The Kier molecular flexibility index (Phi) is 4.41. The Balaban J connectivity index is 1.95. The highest BCUT2D eigenvalue weighted by molar-refractivity contribution is 6.27. The summed E-state index contributed by atoms with van der Waals surface area (Å²) in [6.45, 7) is 3.35. The largest absolute Gasteiger partial charge is 0.505 e. The molecule has 1 spiro atoms. The Bertz CT molecular complexity index is 755. The number of hydrogen-bond donors (Lipinski definition) is 2. The molecule has 1 aliphatic heterocycles. The van der Waals surface area contributed by atoms with E-state index in [-0.39, 0.29) is 23.7 Å². The van der Waals surface area contributed by atoms with Crippen molar-refractivity contribution in [1.82, 2.24) is 9.88 Å². The van der Waals surface area contributed by atoms with Crippen LogP contribution in [0.3, 0.4) is 0 Å². The van der Waals surface area contributed by atoms with Crippen LogP contribution in [0.5, 0.6) is 0 Å². The molecule has 1 aliphatic carbocycles. The van der Waals surface area contributed by atoms with Crippen LogP contribution in [0.2, 0.25) is 0 Å². The molecule has 134 valence electrons. The van der Waals surface area contributed by atoms with Crippen molar-refractivity contribution < 1.29 is 24.2 Å². The number of Topliss-reactive ketones (excluding diaryl/α,β-unsaturated/α-hetero) is 1. The Labute approximate surface area is 145 Å². The van der Waals surface area contributed by atoms with Crippen LogP contribution in [0.1, 0.15) is 45.2 Å². The zero-order chi connectivity index (χ0) is 18.2. The number of rotatable bonds is 4. The SMILES string of the molecule is CCOC(=O)C(C)NC(=O)C1=C(O)c2cccn2C2(CCCC2)C1=O. The van der Waals surface area contributed by atoms with Gasteiger partial charge in [0.1, 0.15) is 17.2 Å². The first-order valence-corrected chi connectivity index (χ1v) is 8.56. The van der Waals surface area contributed by atoms with Gasteiger partial charge in [-0.25, -0.2) is 4.79 Å². The van der Waals surface area contributed by atoms with Crippen LogP contribution in [-0.4, -0.2) is 40.0 Å². The monoisotopic (exact) mass is 346 g/mol. The third-order valence-electron chi connectivity index (χ3n) is 4.98. The number of aromatic nitrogens is 1. The molecular formula is C18H22N2O5. The van der Waals surface area contributed by atoms with E-state index in [9.17, 15) is 19.5 Å². The lowest BCUT2D eigenvalue weighted by Crippen LogP contribution is -2.49. The summed E-state index contributed by atoms with van der Waals surface area (Å²) in [4.78, 5) is 37.5. The minimum atomic E-state index is -0.909. The molecule has 0 radical (unpaired) electrons. The number of hydrogen-bond acceptors (Lipinski definition) is 5. The van der Waals surface area contributed by atoms with E-state index in [1.54, 1.807) is 29.8 Å². The second-order valence-electron chi connectivity index (χ2n) is 6.50. The van der Waals surface area contributed by atoms with Gasteiger partial charge in [-0.15, -0.1) is 0 Å². The van der Waals surface area contributed by atoms with Crippen molar-refractivity contribution in [3.05, 3.63) is 29.6 Å². The van der Waals surface area contributed by atoms with Crippen molar-refractivity contribution >= 4 is 23.4 Å². The molecule has 1 fully saturated rings. The van der Waals surface area contributed by atoms with Gasteiger partial charge in [-0.05, 0) is 38.8 Å². The number of ether oxygens (including phenoxy) is 1. The van der Waals surface area contributed by atoms with E-state index in [0.29, 0.717) is 18.5 Å². The molecule has 1 saturated carbocycles. The van der Waals surface area contributed by atoms with Crippen molar-refractivity contribution in [2.75, 3.05) is 6.61 Å². The summed E-state index contributed by atoms with van der Waals surface area (Å²) < 4.78 is 6.64. The standard InChI is InChI=1S/C18H22N2O5/c1-3-25-17(24)11(2)19-16(23)13-14(21)12-7-6-10-20(12)18(15(13)22)8-4-5-9-18/h6-7,10-11,21H,3-5,8-9H2,1-2H3,(H,19,23). The van der Waals surface area contributed by atoms with Crippen LogP contribution in [0.4, 0.5) is 0 Å². The van der Waals surface area contributed by atoms with Crippen molar-refractivity contribution in [3.8, 4) is 0 Å². The summed E-state index contributed by atoms with van der Waals surface area (Å²) in [6.07, 6.45) is 4.80. The number of nitrogens with one attached hydrogen (secondary N) is 1. The summed E-state index contributed by atoms with van der Waals surface area (Å²) in [5, 5.41) is 13.0. The Morgan fingerprint density at radius 3 is 2.72 bits per heavy atom. The Morgan fingerprint density at radius 2 is 2.08 bits per heavy atom. The van der Waals surface area contributed by atoms with Gasteiger partial charge in [-0.1, -0.05) is 12.8 Å². The molecule has 2 N–H and O–H groups in total. The normalized spacial score (nSPS) is 19.7. The van der Waals surface area contributed by atoms with Crippen LogP contribution in [0, 0.1) is 0 Å². The number of aliphatic hydroxyl groups excluding tert-OH is 1. The van der Waals surface area contributed by atoms with Crippen LogP contribution in [0.15, 0.2) is 23.9 Å². The highest BCUT2D eigenvalue weighted by atomic mass is 16.5. The molecule has 3 rings (SSSR count). The van der Waals surface area contributed by atoms with Gasteiger partial charge in [-0.2, -0.15) is 0 Å². The number of carbonyl (C=O) groups excluding carboxylic acids is 3. The topological polar surface area (TPSA) is 97.6 Å². The molecule has 2 aliphatic rings. The van der Waals surface area contributed by atoms with E-state index in [1.165, 1.54) is 6.92 Å². The first kappa shape index (κ1) is 17.3. The van der Waals surface area contributed by atoms with Gasteiger partial charge < -0.3 is 19.7 Å². The maximum atomic E-state index is 13.1. The number of aliphatic hydroxyl groups is 1. The van der Waals surface area contributed by atoms with Crippen LogP contribution in [-0.2, 0) is 24.7 Å². The Morgan fingerprint density at radius 1 is 1.40 bits per heavy atom. The van der Waals surface area contributed by atoms with Crippen LogP contribution >= 0.6 is 0 Å². The van der Waals surface area contributed by atoms with Crippen molar-refractivity contribution in [2.45, 2.75) is 51.1 Å². The lowest BCUT2D eigenvalue weighted by molar-refractivity contribution is -0.146. The number of fused-ring (bicyclic) bond motifs is 2. The predicted molar refractivity (Wildman–Crippen MR) is 89.7 cm³/mol. The van der Waals surface area contributed by atoms with Gasteiger partial charge in [-0.3, -0.25) is 9.59 Å². The van der Waals surface area contributed by atoms with E-state index in [1.807, 2.05) is 0 Å².